The van der Waals surface area contributed by atoms with Gasteiger partial charge in [-0.1, -0.05) is 42.5 Å². The molecule has 8 nitrogen and oxygen atoms in total. The normalized spacial score (nSPS) is 12.2. The summed E-state index contributed by atoms with van der Waals surface area (Å²) < 4.78 is 0. The second kappa shape index (κ2) is 10.0. The zero-order valence-corrected chi connectivity index (χ0v) is 19.3. The van der Waals surface area contributed by atoms with E-state index < -0.39 is 11.8 Å². The highest BCUT2D eigenvalue weighted by Crippen LogP contribution is 2.25. The van der Waals surface area contributed by atoms with Crippen molar-refractivity contribution in [3.05, 3.63) is 89.6 Å². The number of hydrogen-bond acceptors (Lipinski definition) is 4. The van der Waals surface area contributed by atoms with Crippen molar-refractivity contribution < 1.29 is 14.4 Å². The first-order chi connectivity index (χ1) is 16.8. The van der Waals surface area contributed by atoms with Crippen LogP contribution in [0.4, 0.5) is 11.5 Å². The van der Waals surface area contributed by atoms with Gasteiger partial charge in [-0.15, -0.1) is 0 Å². The fourth-order valence-corrected chi connectivity index (χ4v) is 3.73. The minimum absolute atomic E-state index is 0.154. The van der Waals surface area contributed by atoms with Gasteiger partial charge in [-0.3, -0.25) is 14.4 Å². The van der Waals surface area contributed by atoms with Crippen LogP contribution in [-0.2, 0) is 14.4 Å². The maximum absolute atomic E-state index is 12.8. The number of amides is 3. The summed E-state index contributed by atoms with van der Waals surface area (Å²) in [7, 11) is 0. The Kier molecular flexibility index (Phi) is 6.73. The molecule has 3 amide bonds. The monoisotopic (exact) mass is 467 g/mol. The summed E-state index contributed by atoms with van der Waals surface area (Å²) in [5.41, 5.74) is 9.54. The third kappa shape index (κ3) is 5.44. The Morgan fingerprint density at radius 1 is 0.971 bits per heavy atom. The number of aromatic nitrogens is 2. The highest BCUT2D eigenvalue weighted by Gasteiger charge is 2.17. The SMILES string of the molecule is CC(=O)Nc1ccc(C(C)C(=O)Nc2ccc3c(C=C(C(N)=O)c4ccccc4)c[nH]c3n2)cc1. The lowest BCUT2D eigenvalue weighted by Crippen LogP contribution is -2.19. The quantitative estimate of drug-likeness (QED) is 0.302. The minimum Gasteiger partial charge on any atom is -0.366 e. The number of benzene rings is 2. The molecule has 4 rings (SSSR count). The molecule has 0 saturated carbocycles. The van der Waals surface area contributed by atoms with E-state index in [-0.39, 0.29) is 11.8 Å². The van der Waals surface area contributed by atoms with Crippen LogP contribution in [0.3, 0.4) is 0 Å². The Hall–Kier alpha value is -4.72. The number of nitrogens with zero attached hydrogens (tertiary/aromatic N) is 1. The first-order valence-corrected chi connectivity index (χ1v) is 11.1. The van der Waals surface area contributed by atoms with Crippen molar-refractivity contribution in [2.75, 3.05) is 10.6 Å². The van der Waals surface area contributed by atoms with Gasteiger partial charge in [-0.25, -0.2) is 4.98 Å². The molecule has 2 heterocycles. The van der Waals surface area contributed by atoms with Crippen molar-refractivity contribution in [2.45, 2.75) is 19.8 Å². The topological polar surface area (TPSA) is 130 Å². The molecular weight excluding hydrogens is 442 g/mol. The fraction of sp³-hybridized carbons (Fsp3) is 0.111. The Balaban J connectivity index is 1.52. The average molecular weight is 468 g/mol. The number of H-pyrrole nitrogens is 1. The Morgan fingerprint density at radius 2 is 1.69 bits per heavy atom. The lowest BCUT2D eigenvalue weighted by molar-refractivity contribution is -0.117. The predicted octanol–water partition coefficient (Wildman–Crippen LogP) is 4.29. The van der Waals surface area contributed by atoms with Gasteiger partial charge in [0.15, 0.2) is 0 Å². The van der Waals surface area contributed by atoms with Crippen LogP contribution in [0.15, 0.2) is 72.9 Å². The van der Waals surface area contributed by atoms with E-state index in [0.717, 1.165) is 22.1 Å². The van der Waals surface area contributed by atoms with Crippen LogP contribution in [0.2, 0.25) is 0 Å². The van der Waals surface area contributed by atoms with E-state index in [4.69, 9.17) is 5.73 Å². The smallest absolute Gasteiger partial charge is 0.249 e. The number of rotatable bonds is 7. The molecule has 1 unspecified atom stereocenters. The highest BCUT2D eigenvalue weighted by molar-refractivity contribution is 6.24. The summed E-state index contributed by atoms with van der Waals surface area (Å²) in [5, 5.41) is 6.34. The number of carbonyl (C=O) groups is 3. The standard InChI is InChI=1S/C27H25N5O3/c1-16(18-8-10-21(11-9-18)30-17(2)33)27(35)32-24-13-12-22-20(15-29-26(22)31-24)14-23(25(28)34)19-6-4-3-5-7-19/h3-16H,1-2H3,(H2,28,34)(H,30,33)(H2,29,31,32,35). The zero-order chi connectivity index (χ0) is 24.9. The summed E-state index contributed by atoms with van der Waals surface area (Å²) in [6, 6.07) is 19.9. The second-order valence-corrected chi connectivity index (χ2v) is 8.14. The molecular formula is C27H25N5O3. The van der Waals surface area contributed by atoms with E-state index in [0.29, 0.717) is 22.7 Å². The number of anilines is 2. The van der Waals surface area contributed by atoms with Crippen LogP contribution in [0, 0.1) is 0 Å². The number of carbonyl (C=O) groups excluding carboxylic acids is 3. The van der Waals surface area contributed by atoms with Gasteiger partial charge in [-0.05, 0) is 48.4 Å². The minimum atomic E-state index is -0.526. The van der Waals surface area contributed by atoms with Gasteiger partial charge < -0.3 is 21.4 Å². The molecule has 0 bridgehead atoms. The Bertz CT molecular complexity index is 1420. The molecule has 1 atom stereocenters. The van der Waals surface area contributed by atoms with E-state index in [9.17, 15) is 14.4 Å². The lowest BCUT2D eigenvalue weighted by atomic mass is 10.00. The molecule has 0 aliphatic carbocycles. The number of hydrogen-bond donors (Lipinski definition) is 4. The number of primary amides is 1. The second-order valence-electron chi connectivity index (χ2n) is 8.14. The zero-order valence-electron chi connectivity index (χ0n) is 19.3. The van der Waals surface area contributed by atoms with Crippen LogP contribution < -0.4 is 16.4 Å². The number of pyridine rings is 1. The van der Waals surface area contributed by atoms with Crippen LogP contribution in [0.1, 0.15) is 36.5 Å². The molecule has 2 aromatic carbocycles. The van der Waals surface area contributed by atoms with Crippen molar-refractivity contribution >= 4 is 51.9 Å². The molecule has 0 radical (unpaired) electrons. The molecule has 0 fully saturated rings. The van der Waals surface area contributed by atoms with Gasteiger partial charge in [0.05, 0.1) is 5.92 Å². The molecule has 2 aromatic heterocycles. The highest BCUT2D eigenvalue weighted by atomic mass is 16.2. The van der Waals surface area contributed by atoms with Crippen molar-refractivity contribution in [1.29, 1.82) is 0 Å². The number of nitrogens with two attached hydrogens (primary N) is 1. The van der Waals surface area contributed by atoms with Gasteiger partial charge in [-0.2, -0.15) is 0 Å². The van der Waals surface area contributed by atoms with Crippen LogP contribution in [-0.4, -0.2) is 27.7 Å². The van der Waals surface area contributed by atoms with Crippen molar-refractivity contribution in [3.8, 4) is 0 Å². The van der Waals surface area contributed by atoms with Crippen molar-refractivity contribution in [3.63, 3.8) is 0 Å². The molecule has 0 aliphatic rings. The Morgan fingerprint density at radius 3 is 2.34 bits per heavy atom. The van der Waals surface area contributed by atoms with Gasteiger partial charge in [0.1, 0.15) is 11.5 Å². The number of aromatic amines is 1. The molecule has 0 spiro atoms. The maximum Gasteiger partial charge on any atom is 0.249 e. The lowest BCUT2D eigenvalue weighted by Gasteiger charge is -2.13. The third-order valence-electron chi connectivity index (χ3n) is 5.60. The van der Waals surface area contributed by atoms with E-state index in [1.54, 1.807) is 49.5 Å². The molecule has 176 valence electrons. The van der Waals surface area contributed by atoms with Crippen LogP contribution in [0.25, 0.3) is 22.7 Å². The largest absolute Gasteiger partial charge is 0.366 e. The van der Waals surface area contributed by atoms with Gasteiger partial charge in [0.2, 0.25) is 17.7 Å². The van der Waals surface area contributed by atoms with Crippen LogP contribution in [0.5, 0.6) is 0 Å². The third-order valence-corrected chi connectivity index (χ3v) is 5.60. The summed E-state index contributed by atoms with van der Waals surface area (Å²) in [5.74, 6) is -0.916. The fourth-order valence-electron chi connectivity index (χ4n) is 3.73. The van der Waals surface area contributed by atoms with Crippen molar-refractivity contribution in [1.82, 2.24) is 9.97 Å². The number of fused-ring (bicyclic) bond motifs is 1. The van der Waals surface area contributed by atoms with E-state index >= 15 is 0 Å². The summed E-state index contributed by atoms with van der Waals surface area (Å²) >= 11 is 0. The Labute approximate surface area is 202 Å². The van der Waals surface area contributed by atoms with Crippen LogP contribution >= 0.6 is 0 Å². The summed E-state index contributed by atoms with van der Waals surface area (Å²) in [4.78, 5) is 43.6. The number of nitrogens with one attached hydrogen (secondary N) is 3. The van der Waals surface area contributed by atoms with Crippen molar-refractivity contribution in [2.24, 2.45) is 5.73 Å². The van der Waals surface area contributed by atoms with Gasteiger partial charge >= 0.3 is 0 Å². The summed E-state index contributed by atoms with van der Waals surface area (Å²) in [6.07, 6.45) is 3.47. The molecule has 0 aliphatic heterocycles. The maximum atomic E-state index is 12.8. The van der Waals surface area contributed by atoms with E-state index in [1.165, 1.54) is 6.92 Å². The average Bonchev–Trinajstić information content (AvgIpc) is 3.24. The predicted molar refractivity (Wildman–Crippen MR) is 137 cm³/mol. The molecule has 8 heteroatoms. The van der Waals surface area contributed by atoms with E-state index in [1.807, 2.05) is 36.4 Å². The van der Waals surface area contributed by atoms with Gasteiger partial charge in [0, 0.05) is 35.3 Å². The molecule has 0 saturated heterocycles. The summed E-state index contributed by atoms with van der Waals surface area (Å²) in [6.45, 7) is 3.24. The van der Waals surface area contributed by atoms with Gasteiger partial charge in [0.25, 0.3) is 0 Å². The van der Waals surface area contributed by atoms with E-state index in [2.05, 4.69) is 20.6 Å². The first-order valence-electron chi connectivity index (χ1n) is 11.1. The molecule has 35 heavy (non-hydrogen) atoms. The molecule has 5 N–H and O–H groups in total. The first kappa shape index (κ1) is 23.4. The molecule has 4 aromatic rings.